The van der Waals surface area contributed by atoms with Crippen LogP contribution in [-0.4, -0.2) is 61.1 Å². The summed E-state index contributed by atoms with van der Waals surface area (Å²) in [6.07, 6.45) is 1.32. The number of alkyl halides is 1. The number of benzene rings is 3. The van der Waals surface area contributed by atoms with Crippen molar-refractivity contribution in [3.05, 3.63) is 119 Å². The number of anilines is 1. The van der Waals surface area contributed by atoms with E-state index in [0.717, 1.165) is 49.0 Å². The molecule has 8 nitrogen and oxygen atoms in total. The molecule has 1 aliphatic heterocycles. The van der Waals surface area contributed by atoms with Crippen molar-refractivity contribution in [2.75, 3.05) is 37.0 Å². The lowest BCUT2D eigenvalue weighted by atomic mass is 9.99. The third-order valence-corrected chi connectivity index (χ3v) is 10.2. The van der Waals surface area contributed by atoms with Gasteiger partial charge in [0, 0.05) is 66.1 Å². The number of rotatable bonds is 11. The number of amides is 1. The molecule has 1 amide bonds. The number of nitrogens with zero attached hydrogens (tertiary/aromatic N) is 4. The Labute approximate surface area is 275 Å². The molecule has 2 heterocycles. The van der Waals surface area contributed by atoms with Gasteiger partial charge in [0.15, 0.2) is 0 Å². The molecule has 0 aliphatic carbocycles. The van der Waals surface area contributed by atoms with Crippen LogP contribution in [0.4, 0.5) is 5.69 Å². The van der Waals surface area contributed by atoms with Crippen molar-refractivity contribution >= 4 is 44.8 Å². The molecule has 45 heavy (non-hydrogen) atoms. The number of hydrogen-bond acceptors (Lipinski definition) is 6. The minimum absolute atomic E-state index is 0.258. The van der Waals surface area contributed by atoms with Crippen molar-refractivity contribution in [2.45, 2.75) is 32.2 Å². The molecule has 11 heteroatoms. The standard InChI is InChI=1S/C34H37Cl2N5O3S/c1-4-32(33-24(2)37-41(18-17-35)25(33)3)45(43,44)38-34(42)27-11-15-30(16-12-27)40-21-19-39(20-22-40)23-28-7-5-6-8-31(28)26-9-13-29(36)14-10-26/h4-16,32H,1,17-23H2,2-3H3,(H,38,42). The van der Waals surface area contributed by atoms with Crippen molar-refractivity contribution in [2.24, 2.45) is 0 Å². The monoisotopic (exact) mass is 665 g/mol. The first kappa shape index (κ1) is 32.8. The normalized spacial score (nSPS) is 14.7. The average Bonchev–Trinajstić information content (AvgIpc) is 3.30. The molecule has 1 aromatic heterocycles. The number of nitrogens with one attached hydrogen (secondary N) is 1. The fourth-order valence-electron chi connectivity index (χ4n) is 5.87. The van der Waals surface area contributed by atoms with E-state index in [1.807, 2.05) is 24.3 Å². The van der Waals surface area contributed by atoms with Gasteiger partial charge in [0.25, 0.3) is 5.91 Å². The van der Waals surface area contributed by atoms with Gasteiger partial charge in [0.1, 0.15) is 5.25 Å². The second kappa shape index (κ2) is 14.2. The molecular formula is C34H37Cl2N5O3S. The van der Waals surface area contributed by atoms with Crippen molar-refractivity contribution in [1.29, 1.82) is 0 Å². The van der Waals surface area contributed by atoms with E-state index in [0.29, 0.717) is 29.4 Å². The van der Waals surface area contributed by atoms with E-state index < -0.39 is 21.2 Å². The van der Waals surface area contributed by atoms with Crippen LogP contribution in [0.5, 0.6) is 0 Å². The van der Waals surface area contributed by atoms with E-state index in [2.05, 4.69) is 62.6 Å². The van der Waals surface area contributed by atoms with Crippen molar-refractivity contribution < 1.29 is 13.2 Å². The molecule has 5 rings (SSSR count). The molecule has 0 bridgehead atoms. The number of halogens is 2. The molecule has 1 saturated heterocycles. The Morgan fingerprint density at radius 3 is 2.31 bits per heavy atom. The van der Waals surface area contributed by atoms with Gasteiger partial charge >= 0.3 is 0 Å². The van der Waals surface area contributed by atoms with E-state index in [1.54, 1.807) is 30.7 Å². The number of hydrogen-bond donors (Lipinski definition) is 1. The molecule has 1 fully saturated rings. The number of aromatic nitrogens is 2. The fourth-order valence-corrected chi connectivity index (χ4v) is 7.56. The highest BCUT2D eigenvalue weighted by Gasteiger charge is 2.32. The maximum Gasteiger partial charge on any atom is 0.264 e. The lowest BCUT2D eigenvalue weighted by Gasteiger charge is -2.36. The summed E-state index contributed by atoms with van der Waals surface area (Å²) in [4.78, 5) is 17.8. The van der Waals surface area contributed by atoms with Gasteiger partial charge in [0.05, 0.1) is 12.2 Å². The van der Waals surface area contributed by atoms with Gasteiger partial charge in [-0.25, -0.2) is 13.1 Å². The highest BCUT2D eigenvalue weighted by Crippen LogP contribution is 2.30. The quantitative estimate of drug-likeness (QED) is 0.148. The number of aryl methyl sites for hydroxylation is 2. The molecule has 1 N–H and O–H groups in total. The van der Waals surface area contributed by atoms with Crippen molar-refractivity contribution in [3.8, 4) is 11.1 Å². The summed E-state index contributed by atoms with van der Waals surface area (Å²) in [7, 11) is -4.13. The summed E-state index contributed by atoms with van der Waals surface area (Å²) in [5.74, 6) is -0.351. The number of sulfonamides is 1. The second-order valence-corrected chi connectivity index (χ2v) is 13.7. The van der Waals surface area contributed by atoms with Crippen LogP contribution >= 0.6 is 23.2 Å². The Morgan fingerprint density at radius 2 is 1.67 bits per heavy atom. The van der Waals surface area contributed by atoms with Crippen LogP contribution < -0.4 is 9.62 Å². The molecule has 1 atom stereocenters. The summed E-state index contributed by atoms with van der Waals surface area (Å²) in [6.45, 7) is 12.0. The van der Waals surface area contributed by atoms with E-state index in [9.17, 15) is 13.2 Å². The lowest BCUT2D eigenvalue weighted by molar-refractivity contribution is 0.0981. The molecule has 4 aromatic rings. The molecule has 3 aromatic carbocycles. The number of carbonyl (C=O) groups is 1. The minimum atomic E-state index is -4.13. The molecule has 0 spiro atoms. The minimum Gasteiger partial charge on any atom is -0.369 e. The molecule has 0 saturated carbocycles. The van der Waals surface area contributed by atoms with E-state index in [4.69, 9.17) is 23.2 Å². The van der Waals surface area contributed by atoms with E-state index >= 15 is 0 Å². The van der Waals surface area contributed by atoms with Gasteiger partial charge in [-0.1, -0.05) is 54.1 Å². The topological polar surface area (TPSA) is 87.5 Å². The summed E-state index contributed by atoms with van der Waals surface area (Å²) in [6, 6.07) is 23.4. The third-order valence-electron chi connectivity index (χ3n) is 8.24. The Morgan fingerprint density at radius 1 is 1.00 bits per heavy atom. The Hall–Kier alpha value is -3.63. The van der Waals surface area contributed by atoms with Crippen LogP contribution in [0.2, 0.25) is 5.02 Å². The first-order valence-electron chi connectivity index (χ1n) is 14.8. The zero-order valence-corrected chi connectivity index (χ0v) is 27.7. The maximum absolute atomic E-state index is 13.3. The third kappa shape index (κ3) is 7.44. The number of piperazine rings is 1. The summed E-state index contributed by atoms with van der Waals surface area (Å²) in [5, 5.41) is 4.00. The molecule has 1 aliphatic rings. The first-order valence-corrected chi connectivity index (χ1v) is 17.3. The van der Waals surface area contributed by atoms with Gasteiger partial charge in [0.2, 0.25) is 10.0 Å². The SMILES string of the molecule is C=CC(c1c(C)nn(CCCl)c1C)S(=O)(=O)NC(=O)c1ccc(N2CCN(Cc3ccccc3-c3ccc(Cl)cc3)CC2)cc1. The van der Waals surface area contributed by atoms with Crippen LogP contribution in [0.1, 0.15) is 38.1 Å². The van der Waals surface area contributed by atoms with Crippen LogP contribution in [0.15, 0.2) is 85.5 Å². The number of carbonyl (C=O) groups excluding carboxylic acids is 1. The smallest absolute Gasteiger partial charge is 0.264 e. The Kier molecular flexibility index (Phi) is 10.3. The predicted molar refractivity (Wildman–Crippen MR) is 183 cm³/mol. The zero-order chi connectivity index (χ0) is 32.1. The van der Waals surface area contributed by atoms with Crippen LogP contribution in [-0.2, 0) is 23.1 Å². The summed E-state index contributed by atoms with van der Waals surface area (Å²) < 4.78 is 30.6. The molecule has 1 unspecified atom stereocenters. The van der Waals surface area contributed by atoms with Crippen LogP contribution in [0.25, 0.3) is 11.1 Å². The van der Waals surface area contributed by atoms with Gasteiger partial charge in [-0.05, 0) is 66.9 Å². The van der Waals surface area contributed by atoms with Gasteiger partial charge in [-0.2, -0.15) is 5.10 Å². The first-order chi connectivity index (χ1) is 21.6. The second-order valence-electron chi connectivity index (χ2n) is 11.1. The largest absolute Gasteiger partial charge is 0.369 e. The van der Waals surface area contributed by atoms with Crippen LogP contribution in [0, 0.1) is 13.8 Å². The Balaban J connectivity index is 1.20. The predicted octanol–water partition coefficient (Wildman–Crippen LogP) is 6.37. The van der Waals surface area contributed by atoms with E-state index in [-0.39, 0.29) is 5.56 Å². The van der Waals surface area contributed by atoms with E-state index in [1.165, 1.54) is 17.2 Å². The molecular weight excluding hydrogens is 629 g/mol. The highest BCUT2D eigenvalue weighted by molar-refractivity contribution is 7.90. The average molecular weight is 667 g/mol. The highest BCUT2D eigenvalue weighted by atomic mass is 35.5. The lowest BCUT2D eigenvalue weighted by Crippen LogP contribution is -2.46. The van der Waals surface area contributed by atoms with Crippen molar-refractivity contribution in [1.82, 2.24) is 19.4 Å². The fraction of sp³-hybridized carbons (Fsp3) is 0.294. The van der Waals surface area contributed by atoms with Gasteiger partial charge in [-0.3, -0.25) is 14.4 Å². The molecule has 0 radical (unpaired) electrons. The Bertz CT molecular complexity index is 1760. The summed E-state index contributed by atoms with van der Waals surface area (Å²) >= 11 is 12.0. The maximum atomic E-state index is 13.3. The zero-order valence-electron chi connectivity index (χ0n) is 25.4. The van der Waals surface area contributed by atoms with Crippen molar-refractivity contribution in [3.63, 3.8) is 0 Å². The molecule has 236 valence electrons. The summed E-state index contributed by atoms with van der Waals surface area (Å²) in [5.41, 5.74) is 6.59. The van der Waals surface area contributed by atoms with Gasteiger partial charge in [-0.15, -0.1) is 18.2 Å². The van der Waals surface area contributed by atoms with Crippen LogP contribution in [0.3, 0.4) is 0 Å². The van der Waals surface area contributed by atoms with Gasteiger partial charge < -0.3 is 4.90 Å².